The summed E-state index contributed by atoms with van der Waals surface area (Å²) in [5.74, 6) is -0.155. The van der Waals surface area contributed by atoms with Crippen molar-refractivity contribution in [2.24, 2.45) is 0 Å². The van der Waals surface area contributed by atoms with Crippen molar-refractivity contribution in [2.45, 2.75) is 49.2 Å². The Hall–Kier alpha value is -2.57. The van der Waals surface area contributed by atoms with E-state index in [1.54, 1.807) is 12.1 Å². The van der Waals surface area contributed by atoms with Crippen molar-refractivity contribution in [1.82, 2.24) is 0 Å². The normalized spacial score (nSPS) is 14.3. The molecule has 1 aliphatic carbocycles. The monoisotopic (exact) mass is 602 g/mol. The van der Waals surface area contributed by atoms with Crippen molar-refractivity contribution in [1.29, 1.82) is 0 Å². The molecule has 4 aromatic rings. The van der Waals surface area contributed by atoms with E-state index in [-0.39, 0.29) is 11.6 Å². The van der Waals surface area contributed by atoms with Crippen LogP contribution in [0.2, 0.25) is 11.1 Å². The highest BCUT2D eigenvalue weighted by Crippen LogP contribution is 2.39. The van der Waals surface area contributed by atoms with E-state index >= 15 is 0 Å². The summed E-state index contributed by atoms with van der Waals surface area (Å²) < 4.78 is 0.614. The van der Waals surface area contributed by atoms with Crippen LogP contribution in [-0.2, 0) is 0 Å². The van der Waals surface area contributed by atoms with Gasteiger partial charge in [0, 0.05) is 25.8 Å². The number of hydrogen-bond acceptors (Lipinski definition) is 2. The average molecular weight is 603 g/mol. The Labute approximate surface area is 228 Å². The lowest BCUT2D eigenvalue weighted by Crippen LogP contribution is -2.59. The van der Waals surface area contributed by atoms with Gasteiger partial charge in [-0.25, -0.2) is 0 Å². The number of ketones is 2. The third-order valence-corrected chi connectivity index (χ3v) is 17.7. The Morgan fingerprint density at radius 3 is 1.72 bits per heavy atom. The summed E-state index contributed by atoms with van der Waals surface area (Å²) in [6.07, 6.45) is 0. The Bertz CT molecular complexity index is 1490. The lowest BCUT2D eigenvalue weighted by molar-refractivity contribution is 0.0979. The molecule has 1 atom stereocenters. The van der Waals surface area contributed by atoms with E-state index in [9.17, 15) is 9.59 Å². The third kappa shape index (κ3) is 3.81. The highest BCUT2D eigenvalue weighted by atomic mass is 127. The van der Waals surface area contributed by atoms with Crippen molar-refractivity contribution >= 4 is 58.2 Å². The van der Waals surface area contributed by atoms with Crippen LogP contribution in [0.5, 0.6) is 0 Å². The van der Waals surface area contributed by atoms with Crippen LogP contribution in [-0.4, -0.2) is 23.2 Å². The molecule has 0 amide bonds. The van der Waals surface area contributed by atoms with Gasteiger partial charge < -0.3 is 0 Å². The molecule has 1 unspecified atom stereocenters. The number of fused-ring (bicyclic) bond motifs is 3. The molecule has 182 valence electrons. The fourth-order valence-electron chi connectivity index (χ4n) is 6.46. The van der Waals surface area contributed by atoms with E-state index in [4.69, 9.17) is 0 Å². The molecule has 2 nitrogen and oxygen atoms in total. The molecule has 4 aromatic carbocycles. The Morgan fingerprint density at radius 1 is 0.583 bits per heavy atom. The molecule has 0 spiro atoms. The first kappa shape index (κ1) is 25.1. The molecule has 1 aliphatic rings. The van der Waals surface area contributed by atoms with E-state index in [2.05, 4.69) is 93.6 Å². The van der Waals surface area contributed by atoms with Gasteiger partial charge in [-0.2, -0.15) is 0 Å². The van der Waals surface area contributed by atoms with Gasteiger partial charge in [-0.1, -0.05) is 123 Å². The zero-order valence-corrected chi connectivity index (χ0v) is 24.6. The summed E-state index contributed by atoms with van der Waals surface area (Å²) >= 11 is 2.66. The predicted molar refractivity (Wildman–Crippen MR) is 162 cm³/mol. The molecule has 0 bridgehead atoms. The predicted octanol–water partition coefficient (Wildman–Crippen LogP) is 8.12. The van der Waals surface area contributed by atoms with Crippen LogP contribution in [0.25, 0.3) is 21.9 Å². The van der Waals surface area contributed by atoms with Gasteiger partial charge in [0.25, 0.3) is 0 Å². The van der Waals surface area contributed by atoms with Gasteiger partial charge in [0.15, 0.2) is 11.6 Å². The first-order valence-corrected chi connectivity index (χ1v) is 16.1. The Balaban J connectivity index is 1.62. The molecule has 0 radical (unpaired) electrons. The van der Waals surface area contributed by atoms with Gasteiger partial charge in [-0.05, 0) is 51.2 Å². The summed E-state index contributed by atoms with van der Waals surface area (Å²) in [6.45, 7) is 12.0. The molecule has 0 saturated heterocycles. The number of carbonyl (C=O) groups excluding carboxylic acids is 2. The largest absolute Gasteiger partial charge is 0.289 e. The number of rotatable bonds is 5. The molecule has 0 N–H and O–H groups in total. The quantitative estimate of drug-likeness (QED) is 0.116. The van der Waals surface area contributed by atoms with Gasteiger partial charge >= 0.3 is 0 Å². The number of hydrogen-bond donors (Lipinski definition) is 0. The number of carbonyl (C=O) groups is 2. The SMILES string of the molecule is CC(C)[Si](c1ccc2ccc(-c3ccc4c(c3)C(=O)c3ccccc3C4=O)cc2c1)(C(C)C)C(C)I. The van der Waals surface area contributed by atoms with Crippen LogP contribution in [0.15, 0.2) is 78.9 Å². The second-order valence-corrected chi connectivity index (χ2v) is 19.3. The molecule has 0 saturated carbocycles. The Morgan fingerprint density at radius 2 is 1.11 bits per heavy atom. The minimum absolute atomic E-state index is 0.0773. The molecule has 0 aliphatic heterocycles. The van der Waals surface area contributed by atoms with E-state index in [1.165, 1.54) is 16.0 Å². The molecule has 0 fully saturated rings. The fraction of sp³-hybridized carbons (Fsp3) is 0.250. The van der Waals surface area contributed by atoms with E-state index in [0.717, 1.165) is 11.1 Å². The molecule has 0 heterocycles. The number of halogens is 1. The minimum atomic E-state index is -1.78. The Kier molecular flexibility index (Phi) is 6.54. The summed E-state index contributed by atoms with van der Waals surface area (Å²) in [7, 11) is -1.78. The van der Waals surface area contributed by atoms with Crippen LogP contribution in [0.4, 0.5) is 0 Å². The highest BCUT2D eigenvalue weighted by molar-refractivity contribution is 14.1. The molecular weight excluding hydrogens is 571 g/mol. The topological polar surface area (TPSA) is 34.1 Å². The van der Waals surface area contributed by atoms with Gasteiger partial charge in [-0.3, -0.25) is 9.59 Å². The lowest BCUT2D eigenvalue weighted by atomic mass is 9.83. The molecule has 4 heteroatoms. The third-order valence-electron chi connectivity index (χ3n) is 8.17. The molecular formula is C32H31IO2Si. The van der Waals surface area contributed by atoms with Crippen LogP contribution < -0.4 is 5.19 Å². The second-order valence-electron chi connectivity index (χ2n) is 10.6. The van der Waals surface area contributed by atoms with Gasteiger partial charge in [-0.15, -0.1) is 0 Å². The molecule has 36 heavy (non-hydrogen) atoms. The van der Waals surface area contributed by atoms with Crippen molar-refractivity contribution < 1.29 is 9.59 Å². The summed E-state index contributed by atoms with van der Waals surface area (Å²) in [5.41, 5.74) is 5.26. The maximum absolute atomic E-state index is 13.2. The smallest absolute Gasteiger partial charge is 0.194 e. The van der Waals surface area contributed by atoms with E-state index in [0.29, 0.717) is 36.9 Å². The fourth-order valence-corrected chi connectivity index (χ4v) is 17.6. The highest BCUT2D eigenvalue weighted by Gasteiger charge is 2.45. The van der Waals surface area contributed by atoms with Crippen LogP contribution in [0.1, 0.15) is 66.5 Å². The minimum Gasteiger partial charge on any atom is -0.289 e. The lowest BCUT2D eigenvalue weighted by Gasteiger charge is -2.42. The summed E-state index contributed by atoms with van der Waals surface area (Å²) in [5, 5.41) is 3.96. The van der Waals surface area contributed by atoms with Gasteiger partial charge in [0.2, 0.25) is 0 Å². The summed E-state index contributed by atoms with van der Waals surface area (Å²) in [6, 6.07) is 26.4. The van der Waals surface area contributed by atoms with Crippen molar-refractivity contribution in [3.05, 3.63) is 101 Å². The standard InChI is InChI=1S/C32H31IO2Si/c1-19(2)36(20(3)4,21(5)33)26-14-12-22-10-11-23(16-25(22)17-26)24-13-15-29-30(18-24)32(35)28-9-7-6-8-27(28)31(29)34/h6-21H,1-5H3. The maximum atomic E-state index is 13.2. The second kappa shape index (κ2) is 9.38. The van der Waals surface area contributed by atoms with E-state index < -0.39 is 8.07 Å². The zero-order chi connectivity index (χ0) is 25.8. The summed E-state index contributed by atoms with van der Waals surface area (Å²) in [4.78, 5) is 26.3. The van der Waals surface area contributed by atoms with Crippen LogP contribution in [0, 0.1) is 0 Å². The van der Waals surface area contributed by atoms with Gasteiger partial charge in [0.05, 0.1) is 0 Å². The first-order valence-electron chi connectivity index (χ1n) is 12.7. The van der Waals surface area contributed by atoms with Crippen molar-refractivity contribution in [3.8, 4) is 11.1 Å². The van der Waals surface area contributed by atoms with Crippen molar-refractivity contribution in [3.63, 3.8) is 0 Å². The number of alkyl halides is 1. The average Bonchev–Trinajstić information content (AvgIpc) is 2.86. The molecule has 5 rings (SSSR count). The van der Waals surface area contributed by atoms with Gasteiger partial charge in [0.1, 0.15) is 8.07 Å². The van der Waals surface area contributed by atoms with Crippen LogP contribution >= 0.6 is 22.6 Å². The first-order chi connectivity index (χ1) is 17.2. The van der Waals surface area contributed by atoms with Crippen LogP contribution in [0.3, 0.4) is 0 Å². The molecule has 0 aromatic heterocycles. The van der Waals surface area contributed by atoms with Crippen molar-refractivity contribution in [2.75, 3.05) is 0 Å². The maximum Gasteiger partial charge on any atom is 0.194 e. The zero-order valence-electron chi connectivity index (χ0n) is 21.4. The number of benzene rings is 4. The van der Waals surface area contributed by atoms with E-state index in [1.807, 2.05) is 30.3 Å².